The fourth-order valence-electron chi connectivity index (χ4n) is 2.19. The highest BCUT2D eigenvalue weighted by Crippen LogP contribution is 2.37. The fourth-order valence-corrected chi connectivity index (χ4v) is 2.19. The van der Waals surface area contributed by atoms with Gasteiger partial charge in [0, 0.05) is 23.8 Å². The van der Waals surface area contributed by atoms with Gasteiger partial charge < -0.3 is 10.6 Å². The molecule has 1 aliphatic rings. The molecule has 1 heterocycles. The van der Waals surface area contributed by atoms with Crippen molar-refractivity contribution in [3.63, 3.8) is 0 Å². The highest BCUT2D eigenvalue weighted by atomic mass is 15.1. The van der Waals surface area contributed by atoms with Crippen molar-refractivity contribution in [2.45, 2.75) is 6.92 Å². The third-order valence-corrected chi connectivity index (χ3v) is 3.17. The first-order chi connectivity index (χ1) is 9.25. The molecule has 1 aliphatic heterocycles. The lowest BCUT2D eigenvalue weighted by molar-refractivity contribution is 1.27. The van der Waals surface area contributed by atoms with Crippen LogP contribution >= 0.6 is 0 Å². The van der Waals surface area contributed by atoms with Gasteiger partial charge in [0.2, 0.25) is 0 Å². The van der Waals surface area contributed by atoms with Crippen LogP contribution < -0.4 is 10.6 Å². The van der Waals surface area contributed by atoms with Crippen LogP contribution in [-0.4, -0.2) is 6.21 Å². The molecule has 0 atom stereocenters. The lowest BCUT2D eigenvalue weighted by Crippen LogP contribution is -2.08. The summed E-state index contributed by atoms with van der Waals surface area (Å²) in [6.45, 7) is 2.07. The van der Waals surface area contributed by atoms with E-state index in [4.69, 9.17) is 5.73 Å². The van der Waals surface area contributed by atoms with E-state index in [0.29, 0.717) is 0 Å². The number of allylic oxidation sites excluding steroid dienone is 1. The number of aliphatic imine (C=N–C) groups is 1. The van der Waals surface area contributed by atoms with Crippen LogP contribution in [0, 0.1) is 6.92 Å². The molecule has 0 amide bonds. The Labute approximate surface area is 112 Å². The van der Waals surface area contributed by atoms with E-state index >= 15 is 0 Å². The Hall–Kier alpha value is -2.55. The number of benzene rings is 2. The molecule has 3 rings (SSSR count). The summed E-state index contributed by atoms with van der Waals surface area (Å²) >= 11 is 0. The Kier molecular flexibility index (Phi) is 2.80. The third kappa shape index (κ3) is 2.10. The Morgan fingerprint density at radius 2 is 1.84 bits per heavy atom. The smallest absolute Gasteiger partial charge is 0.0899 e. The minimum atomic E-state index is 0.767. The summed E-state index contributed by atoms with van der Waals surface area (Å²) in [5.74, 6) is 0. The number of anilines is 3. The van der Waals surface area contributed by atoms with Crippen molar-refractivity contribution < 1.29 is 0 Å². The largest absolute Gasteiger partial charge is 0.399 e. The summed E-state index contributed by atoms with van der Waals surface area (Å²) in [6, 6.07) is 14.0. The molecule has 94 valence electrons. The Morgan fingerprint density at radius 1 is 1.05 bits per heavy atom. The van der Waals surface area contributed by atoms with Crippen molar-refractivity contribution in [3.05, 3.63) is 60.3 Å². The molecule has 0 saturated heterocycles. The standard InChI is InChI=1S/C16H15N3/c1-12-4-2-5-15-16(12)18-10-3-11-19(15)14-8-6-13(17)7-9-14/h2-11H,17H2,1H3. The molecule has 2 aromatic carbocycles. The molecular formula is C16H15N3. The summed E-state index contributed by atoms with van der Waals surface area (Å²) < 4.78 is 0. The first-order valence-electron chi connectivity index (χ1n) is 6.21. The van der Waals surface area contributed by atoms with Crippen LogP contribution in [0.5, 0.6) is 0 Å². The van der Waals surface area contributed by atoms with Crippen molar-refractivity contribution in [1.29, 1.82) is 0 Å². The van der Waals surface area contributed by atoms with Crippen LogP contribution in [0.1, 0.15) is 5.56 Å². The summed E-state index contributed by atoms with van der Waals surface area (Å²) in [7, 11) is 0. The molecule has 2 N–H and O–H groups in total. The first kappa shape index (κ1) is 11.5. The molecule has 19 heavy (non-hydrogen) atoms. The van der Waals surface area contributed by atoms with Gasteiger partial charge in [-0.25, -0.2) is 0 Å². The zero-order chi connectivity index (χ0) is 13.2. The van der Waals surface area contributed by atoms with E-state index in [0.717, 1.165) is 28.3 Å². The van der Waals surface area contributed by atoms with E-state index in [1.54, 1.807) is 0 Å². The molecular weight excluding hydrogens is 234 g/mol. The summed E-state index contributed by atoms with van der Waals surface area (Å²) in [6.07, 6.45) is 5.78. The Balaban J connectivity index is 2.14. The fraction of sp³-hybridized carbons (Fsp3) is 0.0625. The topological polar surface area (TPSA) is 41.6 Å². The second-order valence-electron chi connectivity index (χ2n) is 4.52. The van der Waals surface area contributed by atoms with Crippen molar-refractivity contribution in [2.24, 2.45) is 4.99 Å². The van der Waals surface area contributed by atoms with Crippen LogP contribution in [0.3, 0.4) is 0 Å². The lowest BCUT2D eigenvalue weighted by Gasteiger charge is -2.22. The number of rotatable bonds is 1. The SMILES string of the molecule is Cc1cccc2c1N=CC=CN2c1ccc(N)cc1. The maximum Gasteiger partial charge on any atom is 0.0899 e. The van der Waals surface area contributed by atoms with E-state index < -0.39 is 0 Å². The Bertz CT molecular complexity index is 654. The van der Waals surface area contributed by atoms with Gasteiger partial charge in [0.05, 0.1) is 11.4 Å². The number of fused-ring (bicyclic) bond motifs is 1. The van der Waals surface area contributed by atoms with E-state index in [2.05, 4.69) is 28.9 Å². The number of hydrogen-bond donors (Lipinski definition) is 1. The van der Waals surface area contributed by atoms with Crippen LogP contribution in [0.4, 0.5) is 22.7 Å². The second kappa shape index (κ2) is 4.61. The van der Waals surface area contributed by atoms with Crippen LogP contribution in [0.15, 0.2) is 59.7 Å². The van der Waals surface area contributed by atoms with Gasteiger partial charge >= 0.3 is 0 Å². The molecule has 0 saturated carbocycles. The lowest BCUT2D eigenvalue weighted by atomic mass is 10.1. The second-order valence-corrected chi connectivity index (χ2v) is 4.52. The number of nitrogens with zero attached hydrogens (tertiary/aromatic N) is 2. The van der Waals surface area contributed by atoms with Gasteiger partial charge in [-0.1, -0.05) is 12.1 Å². The minimum absolute atomic E-state index is 0.767. The van der Waals surface area contributed by atoms with Crippen molar-refractivity contribution in [1.82, 2.24) is 0 Å². The van der Waals surface area contributed by atoms with Crippen LogP contribution in [-0.2, 0) is 0 Å². The molecule has 0 aliphatic carbocycles. The zero-order valence-corrected chi connectivity index (χ0v) is 10.7. The van der Waals surface area contributed by atoms with E-state index in [9.17, 15) is 0 Å². The van der Waals surface area contributed by atoms with Gasteiger partial charge in [-0.05, 0) is 48.9 Å². The van der Waals surface area contributed by atoms with Crippen LogP contribution in [0.2, 0.25) is 0 Å². The van der Waals surface area contributed by atoms with E-state index in [-0.39, 0.29) is 0 Å². The van der Waals surface area contributed by atoms with Crippen LogP contribution in [0.25, 0.3) is 0 Å². The maximum atomic E-state index is 5.74. The quantitative estimate of drug-likeness (QED) is 0.778. The van der Waals surface area contributed by atoms with E-state index in [1.807, 2.05) is 48.8 Å². The van der Waals surface area contributed by atoms with Crippen molar-refractivity contribution in [2.75, 3.05) is 10.6 Å². The van der Waals surface area contributed by atoms with Gasteiger partial charge in [-0.3, -0.25) is 4.99 Å². The molecule has 0 radical (unpaired) electrons. The first-order valence-corrected chi connectivity index (χ1v) is 6.21. The minimum Gasteiger partial charge on any atom is -0.399 e. The molecule has 0 bridgehead atoms. The molecule has 0 fully saturated rings. The predicted octanol–water partition coefficient (Wildman–Crippen LogP) is 3.94. The molecule has 0 spiro atoms. The third-order valence-electron chi connectivity index (χ3n) is 3.17. The normalized spacial score (nSPS) is 13.2. The van der Waals surface area contributed by atoms with Gasteiger partial charge in [0.1, 0.15) is 0 Å². The van der Waals surface area contributed by atoms with Crippen molar-refractivity contribution >= 4 is 29.0 Å². The predicted molar refractivity (Wildman–Crippen MR) is 81.5 cm³/mol. The van der Waals surface area contributed by atoms with Gasteiger partial charge in [-0.15, -0.1) is 0 Å². The van der Waals surface area contributed by atoms with Gasteiger partial charge in [-0.2, -0.15) is 0 Å². The molecule has 2 aromatic rings. The molecule has 0 unspecified atom stereocenters. The number of hydrogen-bond acceptors (Lipinski definition) is 3. The number of aryl methyl sites for hydroxylation is 1. The monoisotopic (exact) mass is 249 g/mol. The Morgan fingerprint density at radius 3 is 2.63 bits per heavy atom. The number of nitrogen functional groups attached to an aromatic ring is 1. The highest BCUT2D eigenvalue weighted by Gasteiger charge is 2.13. The number of para-hydroxylation sites is 1. The maximum absolute atomic E-state index is 5.74. The highest BCUT2D eigenvalue weighted by molar-refractivity contribution is 5.87. The van der Waals surface area contributed by atoms with Crippen molar-refractivity contribution in [3.8, 4) is 0 Å². The average Bonchev–Trinajstić information content (AvgIpc) is 2.63. The number of nitrogens with two attached hydrogens (primary N) is 1. The van der Waals surface area contributed by atoms with Gasteiger partial charge in [0.25, 0.3) is 0 Å². The molecule has 3 heteroatoms. The average molecular weight is 249 g/mol. The van der Waals surface area contributed by atoms with Gasteiger partial charge in [0.15, 0.2) is 0 Å². The van der Waals surface area contributed by atoms with E-state index in [1.165, 1.54) is 0 Å². The summed E-state index contributed by atoms with van der Waals surface area (Å²) in [4.78, 5) is 6.62. The molecule has 3 nitrogen and oxygen atoms in total. The molecule has 0 aromatic heterocycles. The zero-order valence-electron chi connectivity index (χ0n) is 10.7. The summed E-state index contributed by atoms with van der Waals surface area (Å²) in [5.41, 5.74) is 10.8. The summed E-state index contributed by atoms with van der Waals surface area (Å²) in [5, 5.41) is 0.